The minimum absolute atomic E-state index is 0.309. The van der Waals surface area contributed by atoms with Crippen molar-refractivity contribution in [3.63, 3.8) is 0 Å². The zero-order valence-electron chi connectivity index (χ0n) is 21.9. The molecule has 1 fully saturated rings. The molecule has 0 aliphatic heterocycles. The molecule has 38 heavy (non-hydrogen) atoms. The van der Waals surface area contributed by atoms with E-state index in [1.54, 1.807) is 0 Å². The molecule has 6 heteroatoms. The van der Waals surface area contributed by atoms with Crippen LogP contribution in [0.2, 0.25) is 0 Å². The highest BCUT2D eigenvalue weighted by Crippen LogP contribution is 2.46. The Balaban J connectivity index is 1.41. The van der Waals surface area contributed by atoms with Gasteiger partial charge in [-0.25, -0.2) is 4.98 Å². The minimum Gasteiger partial charge on any atom is -0.361 e. The molecule has 0 radical (unpaired) electrons. The SMILES string of the molecule is NC1CCC([N+](Cc2nc3ccccc3[nH]2)(Cc2c[nH]c3ccccc23)C2CCCc3cccnc32)CC1. The second-order valence-corrected chi connectivity index (χ2v) is 11.5. The lowest BCUT2D eigenvalue weighted by Gasteiger charge is -2.52. The molecule has 1 saturated carbocycles. The summed E-state index contributed by atoms with van der Waals surface area (Å²) in [6, 6.07) is 22.7. The summed E-state index contributed by atoms with van der Waals surface area (Å²) in [5.41, 5.74) is 13.9. The van der Waals surface area contributed by atoms with Crippen LogP contribution in [0, 0.1) is 0 Å². The number of nitrogens with two attached hydrogens (primary N) is 1. The molecule has 4 N–H and O–H groups in total. The predicted molar refractivity (Wildman–Crippen MR) is 152 cm³/mol. The van der Waals surface area contributed by atoms with Gasteiger partial charge < -0.3 is 20.2 Å². The van der Waals surface area contributed by atoms with Crippen molar-refractivity contribution in [2.75, 3.05) is 0 Å². The molecule has 6 nitrogen and oxygen atoms in total. The number of hydrogen-bond acceptors (Lipinski definition) is 3. The molecule has 0 spiro atoms. The minimum atomic E-state index is 0.309. The quantitative estimate of drug-likeness (QED) is 0.237. The van der Waals surface area contributed by atoms with Gasteiger partial charge in [-0.15, -0.1) is 0 Å². The molecule has 2 aromatic carbocycles. The summed E-state index contributed by atoms with van der Waals surface area (Å²) in [6.07, 6.45) is 12.2. The van der Waals surface area contributed by atoms with Crippen LogP contribution in [0.5, 0.6) is 0 Å². The van der Waals surface area contributed by atoms with Crippen LogP contribution >= 0.6 is 0 Å². The fourth-order valence-electron chi connectivity index (χ4n) is 7.43. The number of pyridine rings is 1. The second-order valence-electron chi connectivity index (χ2n) is 11.5. The molecule has 2 unspecified atom stereocenters. The van der Waals surface area contributed by atoms with Crippen LogP contribution in [0.25, 0.3) is 21.9 Å². The molecule has 0 saturated heterocycles. The lowest BCUT2D eigenvalue weighted by molar-refractivity contribution is -1.01. The first-order valence-corrected chi connectivity index (χ1v) is 14.2. The largest absolute Gasteiger partial charge is 0.361 e. The summed E-state index contributed by atoms with van der Waals surface area (Å²) in [7, 11) is 0. The van der Waals surface area contributed by atoms with E-state index in [1.165, 1.54) is 34.1 Å². The van der Waals surface area contributed by atoms with Crippen molar-refractivity contribution in [3.05, 3.63) is 95.7 Å². The third-order valence-electron chi connectivity index (χ3n) is 9.28. The van der Waals surface area contributed by atoms with Gasteiger partial charge in [-0.05, 0) is 55.5 Å². The summed E-state index contributed by atoms with van der Waals surface area (Å²) in [5.74, 6) is 1.07. The van der Waals surface area contributed by atoms with E-state index in [-0.39, 0.29) is 0 Å². The molecule has 2 aliphatic carbocycles. The lowest BCUT2D eigenvalue weighted by atomic mass is 9.82. The Hall–Kier alpha value is -3.48. The molecular formula is C32H37N6+. The number of aromatic nitrogens is 4. The van der Waals surface area contributed by atoms with E-state index in [9.17, 15) is 0 Å². The average molecular weight is 506 g/mol. The van der Waals surface area contributed by atoms with Crippen LogP contribution in [0.15, 0.2) is 73.1 Å². The Morgan fingerprint density at radius 2 is 1.68 bits per heavy atom. The van der Waals surface area contributed by atoms with E-state index in [4.69, 9.17) is 15.7 Å². The van der Waals surface area contributed by atoms with E-state index in [0.29, 0.717) is 18.1 Å². The molecule has 2 aliphatic rings. The number of imidazole rings is 1. The summed E-state index contributed by atoms with van der Waals surface area (Å²) in [4.78, 5) is 17.5. The normalized spacial score (nSPS) is 23.3. The van der Waals surface area contributed by atoms with Gasteiger partial charge in [0.2, 0.25) is 0 Å². The maximum absolute atomic E-state index is 6.47. The number of H-pyrrole nitrogens is 2. The van der Waals surface area contributed by atoms with Crippen molar-refractivity contribution >= 4 is 21.9 Å². The Morgan fingerprint density at radius 1 is 0.868 bits per heavy atom. The second kappa shape index (κ2) is 9.68. The molecular weight excluding hydrogens is 468 g/mol. The van der Waals surface area contributed by atoms with Gasteiger partial charge in [-0.2, -0.15) is 0 Å². The van der Waals surface area contributed by atoms with Crippen molar-refractivity contribution in [1.29, 1.82) is 0 Å². The first-order chi connectivity index (χ1) is 18.7. The number of fused-ring (bicyclic) bond motifs is 3. The van der Waals surface area contributed by atoms with Crippen LogP contribution in [0.3, 0.4) is 0 Å². The van der Waals surface area contributed by atoms with Gasteiger partial charge in [-0.3, -0.25) is 4.98 Å². The van der Waals surface area contributed by atoms with Crippen molar-refractivity contribution < 1.29 is 4.48 Å². The topological polar surface area (TPSA) is 83.4 Å². The molecule has 0 bridgehead atoms. The van der Waals surface area contributed by atoms with Crippen LogP contribution in [0.1, 0.15) is 67.2 Å². The van der Waals surface area contributed by atoms with E-state index in [2.05, 4.69) is 76.8 Å². The van der Waals surface area contributed by atoms with E-state index in [1.807, 2.05) is 6.20 Å². The van der Waals surface area contributed by atoms with Gasteiger partial charge in [0, 0.05) is 54.2 Å². The zero-order chi connectivity index (χ0) is 25.5. The maximum Gasteiger partial charge on any atom is 0.162 e. The van der Waals surface area contributed by atoms with E-state index in [0.717, 1.165) is 73.0 Å². The Labute approximate surface area is 223 Å². The first-order valence-electron chi connectivity index (χ1n) is 14.2. The summed E-state index contributed by atoms with van der Waals surface area (Å²) < 4.78 is 0.943. The molecule has 194 valence electrons. The molecule has 2 atom stereocenters. The molecule has 7 rings (SSSR count). The van der Waals surface area contributed by atoms with Gasteiger partial charge in [0.1, 0.15) is 24.8 Å². The Kier molecular flexibility index (Phi) is 6.02. The Bertz CT molecular complexity index is 1530. The summed E-state index contributed by atoms with van der Waals surface area (Å²) in [5, 5.41) is 1.32. The standard InChI is InChI=1S/C32H37N6/c33-24-14-16-25(17-15-24)38(20-23-19-35-27-10-2-1-9-26(23)27,21-31-36-28-11-3-4-12-29(28)37-31)30-13-5-7-22-8-6-18-34-32(22)30/h1-4,6,8-12,18-19,24-25,30,35H,5,7,13-17,20-21,33H2,(H,36,37)/q+1. The van der Waals surface area contributed by atoms with Crippen molar-refractivity contribution in [3.8, 4) is 0 Å². The number of aromatic amines is 2. The number of rotatable bonds is 6. The number of hydrogen-bond donors (Lipinski definition) is 3. The Morgan fingerprint density at radius 3 is 2.55 bits per heavy atom. The van der Waals surface area contributed by atoms with Gasteiger partial charge in [0.05, 0.1) is 17.1 Å². The van der Waals surface area contributed by atoms with Crippen LogP contribution < -0.4 is 5.73 Å². The molecule has 0 amide bonds. The highest BCUT2D eigenvalue weighted by molar-refractivity contribution is 5.82. The van der Waals surface area contributed by atoms with Crippen LogP contribution in [0.4, 0.5) is 0 Å². The van der Waals surface area contributed by atoms with Crippen LogP contribution in [-0.2, 0) is 19.5 Å². The highest BCUT2D eigenvalue weighted by Gasteiger charge is 2.48. The predicted octanol–water partition coefficient (Wildman–Crippen LogP) is 6.30. The number of para-hydroxylation sites is 3. The summed E-state index contributed by atoms with van der Waals surface area (Å²) in [6.45, 7) is 1.80. The monoisotopic (exact) mass is 505 g/mol. The fourth-order valence-corrected chi connectivity index (χ4v) is 7.43. The first kappa shape index (κ1) is 23.6. The highest BCUT2D eigenvalue weighted by atomic mass is 15.4. The molecule has 3 aromatic heterocycles. The maximum atomic E-state index is 6.47. The number of aryl methyl sites for hydroxylation is 1. The molecule has 3 heterocycles. The molecule has 5 aromatic rings. The fraction of sp³-hybridized carbons (Fsp3) is 0.375. The van der Waals surface area contributed by atoms with Gasteiger partial charge in [0.25, 0.3) is 0 Å². The van der Waals surface area contributed by atoms with Crippen molar-refractivity contribution in [2.24, 2.45) is 5.73 Å². The van der Waals surface area contributed by atoms with Crippen molar-refractivity contribution in [1.82, 2.24) is 19.9 Å². The van der Waals surface area contributed by atoms with Gasteiger partial charge >= 0.3 is 0 Å². The third kappa shape index (κ3) is 4.12. The lowest BCUT2D eigenvalue weighted by Crippen LogP contribution is -2.58. The number of quaternary nitrogens is 1. The summed E-state index contributed by atoms with van der Waals surface area (Å²) >= 11 is 0. The zero-order valence-corrected chi connectivity index (χ0v) is 21.9. The van der Waals surface area contributed by atoms with Gasteiger partial charge in [-0.1, -0.05) is 36.4 Å². The van der Waals surface area contributed by atoms with Crippen molar-refractivity contribution in [2.45, 2.75) is 76.2 Å². The average Bonchev–Trinajstić information content (AvgIpc) is 3.56. The number of benzene rings is 2. The number of nitrogens with one attached hydrogen (secondary N) is 2. The van der Waals surface area contributed by atoms with Gasteiger partial charge in [0.15, 0.2) is 5.82 Å². The number of nitrogens with zero attached hydrogens (tertiary/aromatic N) is 3. The third-order valence-corrected chi connectivity index (χ3v) is 9.28. The van der Waals surface area contributed by atoms with E-state index >= 15 is 0 Å². The smallest absolute Gasteiger partial charge is 0.162 e. The van der Waals surface area contributed by atoms with E-state index < -0.39 is 0 Å². The van der Waals surface area contributed by atoms with Crippen LogP contribution in [-0.4, -0.2) is 36.5 Å².